The lowest BCUT2D eigenvalue weighted by Crippen LogP contribution is -1.99. The Labute approximate surface area is 120 Å². The van der Waals surface area contributed by atoms with Gasteiger partial charge >= 0.3 is 0 Å². The summed E-state index contributed by atoms with van der Waals surface area (Å²) in [5, 5.41) is 17.6. The van der Waals surface area contributed by atoms with E-state index >= 15 is 0 Å². The Hall–Kier alpha value is -2.42. The van der Waals surface area contributed by atoms with Gasteiger partial charge in [0.15, 0.2) is 11.5 Å². The molecule has 0 fully saturated rings. The fourth-order valence-electron chi connectivity index (χ4n) is 1.36. The topological polar surface area (TPSA) is 66.0 Å². The van der Waals surface area contributed by atoms with Crippen molar-refractivity contribution in [3.63, 3.8) is 0 Å². The third-order valence-electron chi connectivity index (χ3n) is 2.11. The Balaban J connectivity index is 3.41. The maximum absolute atomic E-state index is 8.79. The van der Waals surface area contributed by atoms with Crippen LogP contribution in [-0.2, 0) is 0 Å². The minimum Gasteiger partial charge on any atom is -0.493 e. The lowest BCUT2D eigenvalue weighted by Gasteiger charge is -2.12. The van der Waals surface area contributed by atoms with Crippen molar-refractivity contribution in [2.45, 2.75) is 0 Å². The average Bonchev–Trinajstić information content (AvgIpc) is 2.42. The van der Waals surface area contributed by atoms with Gasteiger partial charge in [0, 0.05) is 10.0 Å². The van der Waals surface area contributed by atoms with Gasteiger partial charge in [0.1, 0.15) is 24.3 Å². The highest BCUT2D eigenvalue weighted by molar-refractivity contribution is 9.10. The van der Waals surface area contributed by atoms with Gasteiger partial charge in [-0.3, -0.25) is 0 Å². The monoisotopic (exact) mass is 316 g/mol. The van der Waals surface area contributed by atoms with Crippen LogP contribution in [0.3, 0.4) is 0 Å². The smallest absolute Gasteiger partial charge is 0.169 e. The van der Waals surface area contributed by atoms with E-state index in [9.17, 15) is 0 Å². The van der Waals surface area contributed by atoms with E-state index in [0.717, 1.165) is 4.47 Å². The molecule has 0 spiro atoms. The van der Waals surface area contributed by atoms with Crippen LogP contribution in [0.2, 0.25) is 0 Å². The SMILES string of the molecule is C#CCOc1c(C=C(C#N)C#N)cc(Br)cc1OC. The van der Waals surface area contributed by atoms with E-state index in [1.807, 2.05) is 0 Å². The third-order valence-corrected chi connectivity index (χ3v) is 2.57. The molecule has 1 aromatic rings. The predicted molar refractivity (Wildman–Crippen MR) is 74.2 cm³/mol. The van der Waals surface area contributed by atoms with E-state index < -0.39 is 0 Å². The molecule has 0 amide bonds. The van der Waals surface area contributed by atoms with Gasteiger partial charge in [-0.15, -0.1) is 6.42 Å². The van der Waals surface area contributed by atoms with E-state index in [4.69, 9.17) is 26.4 Å². The summed E-state index contributed by atoms with van der Waals surface area (Å²) in [5.41, 5.74) is 0.505. The van der Waals surface area contributed by atoms with Gasteiger partial charge in [0.25, 0.3) is 0 Å². The number of allylic oxidation sites excluding steroid dienone is 1. The van der Waals surface area contributed by atoms with Crippen LogP contribution in [0.25, 0.3) is 6.08 Å². The minimum absolute atomic E-state index is 0.0364. The summed E-state index contributed by atoms with van der Waals surface area (Å²) in [6, 6.07) is 7.00. The van der Waals surface area contributed by atoms with E-state index in [2.05, 4.69) is 21.9 Å². The van der Waals surface area contributed by atoms with Crippen molar-refractivity contribution in [1.29, 1.82) is 10.5 Å². The van der Waals surface area contributed by atoms with E-state index in [0.29, 0.717) is 17.1 Å². The van der Waals surface area contributed by atoms with Gasteiger partial charge in [-0.05, 0) is 18.2 Å². The van der Waals surface area contributed by atoms with Crippen LogP contribution < -0.4 is 9.47 Å². The first-order valence-electron chi connectivity index (χ1n) is 5.12. The van der Waals surface area contributed by atoms with Gasteiger partial charge in [0.05, 0.1) is 7.11 Å². The predicted octanol–water partition coefficient (Wildman–Crippen LogP) is 2.90. The lowest BCUT2D eigenvalue weighted by atomic mass is 10.1. The number of methoxy groups -OCH3 is 1. The number of nitriles is 2. The highest BCUT2D eigenvalue weighted by Gasteiger charge is 2.12. The van der Waals surface area contributed by atoms with Crippen molar-refractivity contribution in [3.05, 3.63) is 27.7 Å². The number of halogens is 1. The second-order valence-electron chi connectivity index (χ2n) is 3.30. The molecular formula is C14H9BrN2O2. The van der Waals surface area contributed by atoms with E-state index in [1.54, 1.807) is 24.3 Å². The van der Waals surface area contributed by atoms with Crippen molar-refractivity contribution >= 4 is 22.0 Å². The number of hydrogen-bond donors (Lipinski definition) is 0. The summed E-state index contributed by atoms with van der Waals surface area (Å²) >= 11 is 3.32. The van der Waals surface area contributed by atoms with Crippen LogP contribution in [0.4, 0.5) is 0 Å². The minimum atomic E-state index is -0.0364. The largest absolute Gasteiger partial charge is 0.493 e. The molecular weight excluding hydrogens is 308 g/mol. The van der Waals surface area contributed by atoms with Gasteiger partial charge in [-0.1, -0.05) is 21.9 Å². The number of terminal acetylenes is 1. The number of benzene rings is 1. The van der Waals surface area contributed by atoms with Crippen LogP contribution in [0.15, 0.2) is 22.2 Å². The Kier molecular flexibility index (Phi) is 5.48. The van der Waals surface area contributed by atoms with Crippen molar-refractivity contribution in [3.8, 4) is 36.0 Å². The average molecular weight is 317 g/mol. The second-order valence-corrected chi connectivity index (χ2v) is 4.22. The molecule has 0 N–H and O–H groups in total. The van der Waals surface area contributed by atoms with E-state index in [-0.39, 0.29) is 12.2 Å². The molecule has 0 aliphatic carbocycles. The number of nitrogens with zero attached hydrogens (tertiary/aromatic N) is 2. The first-order chi connectivity index (χ1) is 9.15. The first-order valence-corrected chi connectivity index (χ1v) is 5.91. The molecule has 0 radical (unpaired) electrons. The zero-order chi connectivity index (χ0) is 14.3. The van der Waals surface area contributed by atoms with Crippen molar-refractivity contribution in [1.82, 2.24) is 0 Å². The molecule has 0 aromatic heterocycles. The van der Waals surface area contributed by atoms with Gasteiger partial charge in [0.2, 0.25) is 0 Å². The molecule has 19 heavy (non-hydrogen) atoms. The normalized spacial score (nSPS) is 8.58. The molecule has 0 unspecified atom stereocenters. The van der Waals surface area contributed by atoms with Crippen molar-refractivity contribution in [2.75, 3.05) is 13.7 Å². The zero-order valence-corrected chi connectivity index (χ0v) is 11.7. The second kappa shape index (κ2) is 7.11. The highest BCUT2D eigenvalue weighted by Crippen LogP contribution is 2.36. The summed E-state index contributed by atoms with van der Waals surface area (Å²) in [6.07, 6.45) is 6.57. The Bertz CT molecular complexity index is 615. The van der Waals surface area contributed by atoms with E-state index in [1.165, 1.54) is 13.2 Å². The van der Waals surface area contributed by atoms with Crippen LogP contribution in [-0.4, -0.2) is 13.7 Å². The van der Waals surface area contributed by atoms with Crippen molar-refractivity contribution < 1.29 is 9.47 Å². The Morgan fingerprint density at radius 3 is 2.63 bits per heavy atom. The Morgan fingerprint density at radius 2 is 2.11 bits per heavy atom. The molecule has 1 aromatic carbocycles. The first kappa shape index (κ1) is 14.6. The van der Waals surface area contributed by atoms with Crippen LogP contribution in [0.5, 0.6) is 11.5 Å². The molecule has 0 heterocycles. The molecule has 0 saturated carbocycles. The van der Waals surface area contributed by atoms with Crippen LogP contribution in [0.1, 0.15) is 5.56 Å². The zero-order valence-electron chi connectivity index (χ0n) is 10.1. The molecule has 4 nitrogen and oxygen atoms in total. The fourth-order valence-corrected chi connectivity index (χ4v) is 1.82. The summed E-state index contributed by atoms with van der Waals surface area (Å²) in [5.74, 6) is 3.21. The molecule has 0 bridgehead atoms. The number of rotatable bonds is 4. The molecule has 0 aliphatic rings. The third kappa shape index (κ3) is 3.78. The molecule has 1 rings (SSSR count). The van der Waals surface area contributed by atoms with Crippen molar-refractivity contribution in [2.24, 2.45) is 0 Å². The standard InChI is InChI=1S/C14H9BrN2O2/c1-3-4-19-14-11(5-10(8-16)9-17)6-12(15)7-13(14)18-2/h1,5-7H,4H2,2H3. The molecule has 0 aliphatic heterocycles. The lowest BCUT2D eigenvalue weighted by molar-refractivity contribution is 0.330. The Morgan fingerprint density at radius 1 is 1.42 bits per heavy atom. The highest BCUT2D eigenvalue weighted by atomic mass is 79.9. The van der Waals surface area contributed by atoms with Crippen LogP contribution in [0, 0.1) is 35.0 Å². The van der Waals surface area contributed by atoms with Gasteiger partial charge < -0.3 is 9.47 Å². The summed E-state index contributed by atoms with van der Waals surface area (Å²) in [7, 11) is 1.49. The molecule has 0 saturated heterocycles. The maximum Gasteiger partial charge on any atom is 0.169 e. The molecule has 5 heteroatoms. The van der Waals surface area contributed by atoms with Gasteiger partial charge in [-0.2, -0.15) is 10.5 Å². The van der Waals surface area contributed by atoms with Gasteiger partial charge in [-0.25, -0.2) is 0 Å². The van der Waals surface area contributed by atoms with Crippen LogP contribution >= 0.6 is 15.9 Å². The maximum atomic E-state index is 8.79. The fraction of sp³-hybridized carbons (Fsp3) is 0.143. The molecule has 94 valence electrons. The molecule has 0 atom stereocenters. The number of hydrogen-bond acceptors (Lipinski definition) is 4. The summed E-state index contributed by atoms with van der Waals surface area (Å²) < 4.78 is 11.3. The quantitative estimate of drug-likeness (QED) is 0.632. The number of ether oxygens (including phenoxy) is 2. The summed E-state index contributed by atoms with van der Waals surface area (Å²) in [6.45, 7) is 0.0628. The summed E-state index contributed by atoms with van der Waals surface area (Å²) in [4.78, 5) is 0.